The SMILES string of the molecule is Cc1c(-c2ccc(-c3c4ccccc4c(-c4ccc5ccccc5c4)c4ccccc34)cc2)cccc1-c1ccccc1C1CC1. The Morgan fingerprint density at radius 2 is 0.891 bits per heavy atom. The normalized spacial score (nSPS) is 13.1. The summed E-state index contributed by atoms with van der Waals surface area (Å²) in [6.45, 7) is 2.29. The maximum Gasteiger partial charge on any atom is -0.00262 e. The molecule has 8 aromatic rings. The Labute approximate surface area is 270 Å². The average Bonchev–Trinajstić information content (AvgIpc) is 3.97. The number of rotatable bonds is 5. The first-order chi connectivity index (χ1) is 22.7. The van der Waals surface area contributed by atoms with Crippen molar-refractivity contribution in [2.45, 2.75) is 25.7 Å². The van der Waals surface area contributed by atoms with Crippen LogP contribution >= 0.6 is 0 Å². The van der Waals surface area contributed by atoms with Gasteiger partial charge in [0.2, 0.25) is 0 Å². The van der Waals surface area contributed by atoms with E-state index in [4.69, 9.17) is 0 Å². The quantitative estimate of drug-likeness (QED) is 0.176. The maximum absolute atomic E-state index is 2.34. The Hall–Kier alpha value is -5.46. The molecule has 0 saturated heterocycles. The number of hydrogen-bond donors (Lipinski definition) is 0. The van der Waals surface area contributed by atoms with Crippen molar-refractivity contribution in [3.05, 3.63) is 169 Å². The smallest absolute Gasteiger partial charge is 0.00262 e. The van der Waals surface area contributed by atoms with Gasteiger partial charge in [0, 0.05) is 0 Å². The van der Waals surface area contributed by atoms with E-state index >= 15 is 0 Å². The van der Waals surface area contributed by atoms with Gasteiger partial charge in [0.1, 0.15) is 0 Å². The van der Waals surface area contributed by atoms with E-state index in [9.17, 15) is 0 Å². The molecule has 9 rings (SSSR count). The van der Waals surface area contributed by atoms with Crippen LogP contribution in [0.2, 0.25) is 0 Å². The molecule has 0 heterocycles. The van der Waals surface area contributed by atoms with Crippen molar-refractivity contribution in [2.75, 3.05) is 0 Å². The summed E-state index contributed by atoms with van der Waals surface area (Å²) in [7, 11) is 0. The van der Waals surface area contributed by atoms with Gasteiger partial charge in [-0.2, -0.15) is 0 Å². The molecule has 0 unspecified atom stereocenters. The Kier molecular flexibility index (Phi) is 6.35. The van der Waals surface area contributed by atoms with E-state index < -0.39 is 0 Å². The topological polar surface area (TPSA) is 0 Å². The minimum atomic E-state index is 0.718. The van der Waals surface area contributed by atoms with Gasteiger partial charge in [-0.3, -0.25) is 0 Å². The average molecular weight is 587 g/mol. The first-order valence-electron chi connectivity index (χ1n) is 16.5. The van der Waals surface area contributed by atoms with Crippen LogP contribution in [0.25, 0.3) is 76.8 Å². The van der Waals surface area contributed by atoms with Crippen molar-refractivity contribution in [3.63, 3.8) is 0 Å². The van der Waals surface area contributed by atoms with Gasteiger partial charge in [-0.05, 0) is 120 Å². The van der Waals surface area contributed by atoms with Crippen LogP contribution in [0.5, 0.6) is 0 Å². The van der Waals surface area contributed by atoms with E-state index in [2.05, 4.69) is 165 Å². The second-order valence-electron chi connectivity index (χ2n) is 12.8. The van der Waals surface area contributed by atoms with Crippen molar-refractivity contribution >= 4 is 32.3 Å². The van der Waals surface area contributed by atoms with Gasteiger partial charge in [0.15, 0.2) is 0 Å². The van der Waals surface area contributed by atoms with Crippen molar-refractivity contribution < 1.29 is 0 Å². The third-order valence-electron chi connectivity index (χ3n) is 10.1. The molecule has 0 nitrogen and oxygen atoms in total. The first-order valence-corrected chi connectivity index (χ1v) is 16.5. The van der Waals surface area contributed by atoms with Crippen LogP contribution in [-0.4, -0.2) is 0 Å². The zero-order chi connectivity index (χ0) is 30.6. The fourth-order valence-electron chi connectivity index (χ4n) is 7.64. The summed E-state index contributed by atoms with van der Waals surface area (Å²) < 4.78 is 0. The van der Waals surface area contributed by atoms with Crippen molar-refractivity contribution in [1.29, 1.82) is 0 Å². The Morgan fingerprint density at radius 3 is 1.57 bits per heavy atom. The third-order valence-corrected chi connectivity index (χ3v) is 10.1. The number of benzene rings is 8. The Morgan fingerprint density at radius 1 is 0.391 bits per heavy atom. The third kappa shape index (κ3) is 4.44. The van der Waals surface area contributed by atoms with Gasteiger partial charge in [-0.15, -0.1) is 0 Å². The molecule has 1 saturated carbocycles. The Balaban J connectivity index is 1.19. The minimum absolute atomic E-state index is 0.718. The van der Waals surface area contributed by atoms with E-state index in [0.717, 1.165) is 5.92 Å². The van der Waals surface area contributed by atoms with Crippen LogP contribution in [0.1, 0.15) is 29.9 Å². The minimum Gasteiger partial charge on any atom is -0.0619 e. The molecule has 1 aliphatic rings. The largest absolute Gasteiger partial charge is 0.0619 e. The highest BCUT2D eigenvalue weighted by Crippen LogP contribution is 2.47. The monoisotopic (exact) mass is 586 g/mol. The van der Waals surface area contributed by atoms with Gasteiger partial charge in [-0.25, -0.2) is 0 Å². The standard InChI is InChI=1S/C46H34/c1-30-37(19-10-20-38(30)40-14-5-4-13-39(40)33-22-23-33)32-24-26-34(27-25-32)45-41-15-6-8-17-43(41)46(44-18-9-7-16-42(44)45)36-28-21-31-11-2-3-12-35(31)29-36/h2-21,24-29,33H,22-23H2,1H3. The van der Waals surface area contributed by atoms with Crippen molar-refractivity contribution in [2.24, 2.45) is 0 Å². The lowest BCUT2D eigenvalue weighted by atomic mass is 9.85. The molecule has 0 radical (unpaired) electrons. The van der Waals surface area contributed by atoms with Gasteiger partial charge in [-0.1, -0.05) is 152 Å². The molecule has 0 aliphatic heterocycles. The second-order valence-corrected chi connectivity index (χ2v) is 12.8. The van der Waals surface area contributed by atoms with E-state index in [1.165, 1.54) is 101 Å². The summed E-state index contributed by atoms with van der Waals surface area (Å²) in [4.78, 5) is 0. The van der Waals surface area contributed by atoms with Crippen molar-refractivity contribution in [1.82, 2.24) is 0 Å². The van der Waals surface area contributed by atoms with E-state index in [1.54, 1.807) is 0 Å². The predicted molar refractivity (Wildman–Crippen MR) is 197 cm³/mol. The van der Waals surface area contributed by atoms with Gasteiger partial charge in [0.05, 0.1) is 0 Å². The van der Waals surface area contributed by atoms with E-state index in [1.807, 2.05) is 0 Å². The van der Waals surface area contributed by atoms with E-state index in [0.29, 0.717) is 0 Å². The van der Waals surface area contributed by atoms with Crippen LogP contribution < -0.4 is 0 Å². The summed E-state index contributed by atoms with van der Waals surface area (Å²) in [5.74, 6) is 0.718. The molecular formula is C46H34. The molecule has 218 valence electrons. The van der Waals surface area contributed by atoms with Crippen LogP contribution in [0.15, 0.2) is 158 Å². The van der Waals surface area contributed by atoms with Gasteiger partial charge >= 0.3 is 0 Å². The Bertz CT molecular complexity index is 2360. The first kappa shape index (κ1) is 26.9. The van der Waals surface area contributed by atoms with Crippen LogP contribution in [0.3, 0.4) is 0 Å². The zero-order valence-corrected chi connectivity index (χ0v) is 26.0. The number of fused-ring (bicyclic) bond motifs is 3. The molecule has 0 heteroatoms. The summed E-state index contributed by atoms with van der Waals surface area (Å²) >= 11 is 0. The van der Waals surface area contributed by atoms with Gasteiger partial charge < -0.3 is 0 Å². The summed E-state index contributed by atoms with van der Waals surface area (Å²) in [5.41, 5.74) is 13.3. The highest BCUT2D eigenvalue weighted by molar-refractivity contribution is 6.21. The number of hydrogen-bond acceptors (Lipinski definition) is 0. The molecule has 1 aliphatic carbocycles. The van der Waals surface area contributed by atoms with E-state index in [-0.39, 0.29) is 0 Å². The predicted octanol–water partition coefficient (Wildman–Crippen LogP) is 13.0. The summed E-state index contributed by atoms with van der Waals surface area (Å²) in [6, 6.07) is 58.4. The molecule has 0 bridgehead atoms. The van der Waals surface area contributed by atoms with Crippen molar-refractivity contribution in [3.8, 4) is 44.5 Å². The lowest BCUT2D eigenvalue weighted by Crippen LogP contribution is -1.93. The summed E-state index contributed by atoms with van der Waals surface area (Å²) in [6.07, 6.45) is 2.62. The second kappa shape index (κ2) is 10.9. The van der Waals surface area contributed by atoms with Gasteiger partial charge in [0.25, 0.3) is 0 Å². The lowest BCUT2D eigenvalue weighted by molar-refractivity contribution is 1.13. The molecular weight excluding hydrogens is 553 g/mol. The summed E-state index contributed by atoms with van der Waals surface area (Å²) in [5, 5.41) is 7.67. The maximum atomic E-state index is 2.34. The highest BCUT2D eigenvalue weighted by Gasteiger charge is 2.26. The highest BCUT2D eigenvalue weighted by atomic mass is 14.3. The zero-order valence-electron chi connectivity index (χ0n) is 26.0. The molecule has 0 N–H and O–H groups in total. The fourth-order valence-corrected chi connectivity index (χ4v) is 7.64. The molecule has 0 aromatic heterocycles. The molecule has 46 heavy (non-hydrogen) atoms. The molecule has 0 spiro atoms. The van der Waals surface area contributed by atoms with Crippen LogP contribution in [0, 0.1) is 6.92 Å². The van der Waals surface area contributed by atoms with Crippen LogP contribution in [0.4, 0.5) is 0 Å². The van der Waals surface area contributed by atoms with Crippen LogP contribution in [-0.2, 0) is 0 Å². The molecule has 8 aromatic carbocycles. The fraction of sp³-hybridized carbons (Fsp3) is 0.0870. The molecule has 0 amide bonds. The molecule has 1 fully saturated rings. The lowest BCUT2D eigenvalue weighted by Gasteiger charge is -2.18. The molecule has 0 atom stereocenters.